The molecule has 2 amide bonds. The van der Waals surface area contributed by atoms with Crippen molar-refractivity contribution in [1.29, 1.82) is 0 Å². The van der Waals surface area contributed by atoms with E-state index in [4.69, 9.17) is 0 Å². The third kappa shape index (κ3) is 3.90. The highest BCUT2D eigenvalue weighted by Gasteiger charge is 2.24. The molecule has 0 atom stereocenters. The minimum absolute atomic E-state index is 0.0923. The van der Waals surface area contributed by atoms with Gasteiger partial charge < -0.3 is 19.1 Å². The van der Waals surface area contributed by atoms with Gasteiger partial charge >= 0.3 is 0 Å². The molecule has 1 aromatic carbocycles. The van der Waals surface area contributed by atoms with Gasteiger partial charge in [-0.05, 0) is 55.7 Å². The fourth-order valence-electron chi connectivity index (χ4n) is 4.65. The van der Waals surface area contributed by atoms with Gasteiger partial charge in [-0.2, -0.15) is 0 Å². The molecule has 0 N–H and O–H groups in total. The summed E-state index contributed by atoms with van der Waals surface area (Å²) in [6, 6.07) is 17.6. The van der Waals surface area contributed by atoms with Crippen LogP contribution in [0.4, 0.5) is 5.82 Å². The molecule has 6 heteroatoms. The molecule has 2 aromatic heterocycles. The van der Waals surface area contributed by atoms with E-state index in [9.17, 15) is 9.59 Å². The number of carbonyl (C=O) groups is 2. The second-order valence-corrected chi connectivity index (χ2v) is 8.40. The van der Waals surface area contributed by atoms with Gasteiger partial charge in [0.15, 0.2) is 0 Å². The van der Waals surface area contributed by atoms with Crippen LogP contribution in [0.15, 0.2) is 60.8 Å². The van der Waals surface area contributed by atoms with Crippen LogP contribution in [-0.4, -0.2) is 65.3 Å². The standard InChI is InChI=1S/C25H28N4O2/c30-24(20-7-3-1-4-8-20)28-17-15-26(16-18-28)23-12-11-22-10-9-21(19-29(22)23)25(31)27-13-5-2-6-14-27/h1,3-4,7-12,19H,2,5-6,13-18H2. The summed E-state index contributed by atoms with van der Waals surface area (Å²) >= 11 is 0. The molecule has 5 rings (SSSR count). The number of aromatic nitrogens is 1. The molecule has 0 radical (unpaired) electrons. The highest BCUT2D eigenvalue weighted by Crippen LogP contribution is 2.23. The number of piperazine rings is 1. The zero-order chi connectivity index (χ0) is 21.2. The van der Waals surface area contributed by atoms with E-state index in [2.05, 4.69) is 21.4 Å². The van der Waals surface area contributed by atoms with Crippen LogP contribution in [0.2, 0.25) is 0 Å². The topological polar surface area (TPSA) is 48.3 Å². The van der Waals surface area contributed by atoms with E-state index in [1.807, 2.05) is 58.5 Å². The molecule has 160 valence electrons. The lowest BCUT2D eigenvalue weighted by Crippen LogP contribution is -2.49. The van der Waals surface area contributed by atoms with Gasteiger partial charge in [0.05, 0.1) is 5.56 Å². The van der Waals surface area contributed by atoms with Crippen molar-refractivity contribution < 1.29 is 9.59 Å². The Morgan fingerprint density at radius 2 is 1.26 bits per heavy atom. The molecule has 3 aromatic rings. The highest BCUT2D eigenvalue weighted by atomic mass is 16.2. The maximum atomic E-state index is 13.0. The van der Waals surface area contributed by atoms with Crippen LogP contribution in [0, 0.1) is 0 Å². The number of likely N-dealkylation sites (tertiary alicyclic amines) is 1. The van der Waals surface area contributed by atoms with E-state index in [0.29, 0.717) is 13.1 Å². The molecule has 4 heterocycles. The first-order valence-corrected chi connectivity index (χ1v) is 11.2. The average Bonchev–Trinajstić information content (AvgIpc) is 3.27. The first kappa shape index (κ1) is 19.7. The fourth-order valence-corrected chi connectivity index (χ4v) is 4.65. The van der Waals surface area contributed by atoms with Gasteiger partial charge in [0.1, 0.15) is 5.82 Å². The molecule has 2 aliphatic rings. The normalized spacial score (nSPS) is 17.2. The van der Waals surface area contributed by atoms with Gasteiger partial charge in [0.2, 0.25) is 0 Å². The predicted octanol–water partition coefficient (Wildman–Crippen LogP) is 3.53. The molecule has 2 saturated heterocycles. The van der Waals surface area contributed by atoms with Crippen molar-refractivity contribution in [1.82, 2.24) is 14.2 Å². The van der Waals surface area contributed by atoms with Crippen LogP contribution in [0.1, 0.15) is 40.0 Å². The smallest absolute Gasteiger partial charge is 0.255 e. The Bertz CT molecular complexity index is 1080. The van der Waals surface area contributed by atoms with Crippen LogP contribution < -0.4 is 4.90 Å². The summed E-state index contributed by atoms with van der Waals surface area (Å²) in [7, 11) is 0. The second-order valence-electron chi connectivity index (χ2n) is 8.40. The van der Waals surface area contributed by atoms with Crippen molar-refractivity contribution in [3.63, 3.8) is 0 Å². The Morgan fingerprint density at radius 3 is 2.00 bits per heavy atom. The summed E-state index contributed by atoms with van der Waals surface area (Å²) < 4.78 is 2.12. The van der Waals surface area contributed by atoms with Crippen molar-refractivity contribution >= 4 is 23.1 Å². The van der Waals surface area contributed by atoms with Gasteiger partial charge in [-0.3, -0.25) is 9.59 Å². The SMILES string of the molecule is O=C(c1ccc2ccc(N3CCN(C(=O)c4ccccc4)CC3)n2c1)N1CCCCC1. The maximum Gasteiger partial charge on any atom is 0.255 e. The van der Waals surface area contributed by atoms with Gasteiger partial charge in [-0.1, -0.05) is 18.2 Å². The number of benzene rings is 1. The number of carbonyl (C=O) groups excluding carboxylic acids is 2. The molecule has 0 spiro atoms. The summed E-state index contributed by atoms with van der Waals surface area (Å²) in [6.45, 7) is 4.63. The van der Waals surface area contributed by atoms with Gasteiger partial charge in [-0.15, -0.1) is 0 Å². The number of anilines is 1. The lowest BCUT2D eigenvalue weighted by Gasteiger charge is -2.36. The largest absolute Gasteiger partial charge is 0.354 e. The summed E-state index contributed by atoms with van der Waals surface area (Å²) in [5.41, 5.74) is 2.56. The Labute approximate surface area is 182 Å². The van der Waals surface area contributed by atoms with E-state index in [-0.39, 0.29) is 11.8 Å². The molecule has 0 aliphatic carbocycles. The maximum absolute atomic E-state index is 13.0. The summed E-state index contributed by atoms with van der Waals surface area (Å²) in [5, 5.41) is 0. The predicted molar refractivity (Wildman–Crippen MR) is 122 cm³/mol. The summed E-state index contributed by atoms with van der Waals surface area (Å²) in [4.78, 5) is 31.9. The number of rotatable bonds is 3. The second kappa shape index (κ2) is 8.46. The van der Waals surface area contributed by atoms with E-state index in [1.165, 1.54) is 6.42 Å². The molecule has 6 nitrogen and oxygen atoms in total. The number of amides is 2. The van der Waals surface area contributed by atoms with E-state index in [0.717, 1.165) is 61.5 Å². The van der Waals surface area contributed by atoms with E-state index >= 15 is 0 Å². The number of hydrogen-bond acceptors (Lipinski definition) is 3. The zero-order valence-corrected chi connectivity index (χ0v) is 17.7. The molecule has 2 fully saturated rings. The van der Waals surface area contributed by atoms with Crippen molar-refractivity contribution in [2.45, 2.75) is 19.3 Å². The van der Waals surface area contributed by atoms with Crippen molar-refractivity contribution in [3.05, 3.63) is 71.9 Å². The van der Waals surface area contributed by atoms with Crippen LogP contribution in [0.25, 0.3) is 5.52 Å². The van der Waals surface area contributed by atoms with Gasteiger partial charge in [0, 0.05) is 56.5 Å². The Hall–Kier alpha value is -3.28. The van der Waals surface area contributed by atoms with Crippen LogP contribution in [0.3, 0.4) is 0 Å². The molecular weight excluding hydrogens is 388 g/mol. The molecule has 0 bridgehead atoms. The number of hydrogen-bond donors (Lipinski definition) is 0. The quantitative estimate of drug-likeness (QED) is 0.656. The Kier molecular flexibility index (Phi) is 5.37. The van der Waals surface area contributed by atoms with Crippen LogP contribution in [0.5, 0.6) is 0 Å². The number of pyridine rings is 1. The molecule has 0 unspecified atom stereocenters. The Morgan fingerprint density at radius 1 is 0.613 bits per heavy atom. The number of piperidine rings is 1. The first-order valence-electron chi connectivity index (χ1n) is 11.2. The third-order valence-corrected chi connectivity index (χ3v) is 6.43. The van der Waals surface area contributed by atoms with Crippen molar-refractivity contribution in [3.8, 4) is 0 Å². The van der Waals surface area contributed by atoms with E-state index in [1.54, 1.807) is 0 Å². The van der Waals surface area contributed by atoms with Gasteiger partial charge in [0.25, 0.3) is 11.8 Å². The monoisotopic (exact) mass is 416 g/mol. The van der Waals surface area contributed by atoms with Gasteiger partial charge in [-0.25, -0.2) is 0 Å². The molecule has 0 saturated carbocycles. The van der Waals surface area contributed by atoms with Crippen molar-refractivity contribution in [2.75, 3.05) is 44.2 Å². The third-order valence-electron chi connectivity index (χ3n) is 6.43. The molecule has 31 heavy (non-hydrogen) atoms. The lowest BCUT2D eigenvalue weighted by atomic mass is 10.1. The Balaban J connectivity index is 1.31. The average molecular weight is 417 g/mol. The van der Waals surface area contributed by atoms with Crippen LogP contribution >= 0.6 is 0 Å². The van der Waals surface area contributed by atoms with E-state index < -0.39 is 0 Å². The zero-order valence-electron chi connectivity index (χ0n) is 17.7. The summed E-state index contributed by atoms with van der Waals surface area (Å²) in [6.07, 6.45) is 5.37. The fraction of sp³-hybridized carbons (Fsp3) is 0.360. The highest BCUT2D eigenvalue weighted by molar-refractivity contribution is 5.95. The molecular formula is C25H28N4O2. The summed E-state index contributed by atoms with van der Waals surface area (Å²) in [5.74, 6) is 1.30. The minimum Gasteiger partial charge on any atom is -0.354 e. The van der Waals surface area contributed by atoms with Crippen LogP contribution in [-0.2, 0) is 0 Å². The minimum atomic E-state index is 0.0923. The lowest BCUT2D eigenvalue weighted by molar-refractivity contribution is 0.0721. The number of fused-ring (bicyclic) bond motifs is 1. The molecule has 2 aliphatic heterocycles. The number of nitrogens with zero attached hydrogens (tertiary/aromatic N) is 4. The first-order chi connectivity index (χ1) is 15.2. The van der Waals surface area contributed by atoms with Crippen molar-refractivity contribution in [2.24, 2.45) is 0 Å².